The van der Waals surface area contributed by atoms with Crippen LogP contribution in [-0.2, 0) is 16.5 Å². The predicted octanol–water partition coefficient (Wildman–Crippen LogP) is 3.62. The van der Waals surface area contributed by atoms with Crippen LogP contribution in [0.1, 0.15) is 50.7 Å². The number of para-hydroxylation sites is 1. The van der Waals surface area contributed by atoms with Gasteiger partial charge >= 0.3 is 0 Å². The second-order valence-corrected chi connectivity index (χ2v) is 12.5. The number of nitrogens with one attached hydrogen (secondary N) is 2. The first kappa shape index (κ1) is 42.4. The Balaban J connectivity index is 0.000000241. The molecule has 4 aromatic heterocycles. The Labute approximate surface area is 327 Å². The number of fused-ring (bicyclic) bond motifs is 3. The first-order chi connectivity index (χ1) is 24.1. The summed E-state index contributed by atoms with van der Waals surface area (Å²) in [6.07, 6.45) is 5.80. The van der Waals surface area contributed by atoms with Gasteiger partial charge in [-0.15, -0.1) is 0 Å². The van der Waals surface area contributed by atoms with Gasteiger partial charge in [0.25, 0.3) is 5.56 Å². The maximum atomic E-state index is 12.4. The van der Waals surface area contributed by atoms with Crippen LogP contribution in [0.4, 0.5) is 11.5 Å². The minimum absolute atomic E-state index is 0. The van der Waals surface area contributed by atoms with Crippen LogP contribution in [-0.4, -0.2) is 99.2 Å². The summed E-state index contributed by atoms with van der Waals surface area (Å²) in [6, 6.07) is 11.8. The fourth-order valence-corrected chi connectivity index (χ4v) is 6.12. The minimum Gasteiger partial charge on any atom is -0.450 e. The summed E-state index contributed by atoms with van der Waals surface area (Å²) < 4.78 is 19.0. The Morgan fingerprint density at radius 3 is 2.40 bits per heavy atom. The topological polar surface area (TPSA) is 190 Å². The van der Waals surface area contributed by atoms with Gasteiger partial charge in [-0.05, 0) is 70.7 Å². The SMILES string of the molecule is CC(C)=N.CC1N(c2cc(C#Cc3ccnn3C)c[nH]c2=O)CCOC12COC2.CO.Cc1nc(N2CCCC2)c2oc3ccccc3c2n1.O.[U]. The van der Waals surface area contributed by atoms with Crippen molar-refractivity contribution in [3.63, 3.8) is 0 Å². The summed E-state index contributed by atoms with van der Waals surface area (Å²) >= 11 is 0. The van der Waals surface area contributed by atoms with Gasteiger partial charge in [-0.25, -0.2) is 9.97 Å². The number of hydrogen-bond acceptors (Lipinski definition) is 11. The van der Waals surface area contributed by atoms with Gasteiger partial charge in [0.2, 0.25) is 0 Å². The van der Waals surface area contributed by atoms with Crippen molar-refractivity contribution >= 4 is 39.3 Å². The number of anilines is 2. The van der Waals surface area contributed by atoms with E-state index in [1.165, 1.54) is 12.8 Å². The number of morpholine rings is 1. The molecular weight excluding hydrogens is 890 g/mol. The Kier molecular flexibility index (Phi) is 15.6. The number of pyridine rings is 1. The number of aryl methyl sites for hydroxylation is 2. The van der Waals surface area contributed by atoms with E-state index in [9.17, 15) is 4.79 Å². The summed E-state index contributed by atoms with van der Waals surface area (Å²) in [4.78, 5) is 28.8. The van der Waals surface area contributed by atoms with Gasteiger partial charge in [0.1, 0.15) is 33.9 Å². The molecule has 0 saturated carbocycles. The van der Waals surface area contributed by atoms with Crippen molar-refractivity contribution in [1.82, 2.24) is 24.7 Å². The molecule has 3 aliphatic rings. The number of furan rings is 1. The zero-order valence-corrected chi connectivity index (χ0v) is 34.8. The third-order valence-electron chi connectivity index (χ3n) is 8.71. The monoisotopic (exact) mass is 938 g/mol. The van der Waals surface area contributed by atoms with Crippen LogP contribution in [0.3, 0.4) is 0 Å². The van der Waals surface area contributed by atoms with Gasteiger partial charge in [0.05, 0.1) is 32.1 Å². The molecule has 8 rings (SSSR count). The standard InChI is InChI=1S/C18H20N4O3.C15H15N3O.C3H7N.CH4O.H2O.U/c1-13-18(11-24-12-18)25-8-7-22(13)16-9-14(10-19-17(16)23)3-4-15-5-6-20-21(15)2;1-10-16-13-11-6-2-3-7-12(11)19-14(13)15(17-10)18-8-4-5-9-18;1-3(2)4;1-2;;/h5-6,9-10,13H,7-8,11-12H2,1-2H3,(H,19,23);2-3,6-7H,4-5,8-9H2,1H3;4H,1-2H3;2H,1H3;1H2;. The Hall–Kier alpha value is -4.02. The zero-order chi connectivity index (χ0) is 35.8. The number of hydrogen-bond donors (Lipinski definition) is 3. The van der Waals surface area contributed by atoms with Crippen LogP contribution in [0.15, 0.2) is 58.0 Å². The molecule has 1 unspecified atom stereocenters. The van der Waals surface area contributed by atoms with E-state index >= 15 is 0 Å². The van der Waals surface area contributed by atoms with Gasteiger partial charge in [0, 0.05) is 87.8 Å². The maximum absolute atomic E-state index is 12.4. The third kappa shape index (κ3) is 9.50. The fraction of sp³-hybridized carbons (Fsp3) is 0.432. The zero-order valence-electron chi connectivity index (χ0n) is 30.6. The summed E-state index contributed by atoms with van der Waals surface area (Å²) in [6.45, 7) is 12.0. The van der Waals surface area contributed by atoms with Crippen LogP contribution in [0, 0.1) is 55.3 Å². The average Bonchev–Trinajstić information content (AvgIpc) is 3.85. The smallest absolute Gasteiger partial charge is 0.271 e. The van der Waals surface area contributed by atoms with Crippen molar-refractivity contribution < 1.29 is 55.6 Å². The van der Waals surface area contributed by atoms with Gasteiger partial charge in [-0.2, -0.15) is 5.10 Å². The molecule has 15 heteroatoms. The summed E-state index contributed by atoms with van der Waals surface area (Å²) in [5.41, 5.74) is 5.10. The Bertz CT molecular complexity index is 2050. The maximum Gasteiger partial charge on any atom is 0.271 e. The third-order valence-corrected chi connectivity index (χ3v) is 8.71. The molecular formula is C37H48N8O6U. The van der Waals surface area contributed by atoms with Crippen molar-refractivity contribution in [2.75, 3.05) is 56.4 Å². The number of aliphatic hydroxyl groups is 1. The predicted molar refractivity (Wildman–Crippen MR) is 199 cm³/mol. The van der Waals surface area contributed by atoms with Crippen LogP contribution in [0.25, 0.3) is 22.1 Å². The number of aromatic amines is 1. The van der Waals surface area contributed by atoms with Crippen LogP contribution in [0.2, 0.25) is 0 Å². The number of benzene rings is 1. The summed E-state index contributed by atoms with van der Waals surface area (Å²) in [5, 5.41) is 18.7. The van der Waals surface area contributed by atoms with Crippen molar-refractivity contribution in [2.24, 2.45) is 7.05 Å². The molecule has 1 atom stereocenters. The molecule has 0 radical (unpaired) electrons. The molecule has 5 aromatic rings. The van der Waals surface area contributed by atoms with E-state index in [2.05, 4.69) is 54.7 Å². The molecule has 0 amide bonds. The van der Waals surface area contributed by atoms with E-state index in [-0.39, 0.29) is 53.8 Å². The van der Waals surface area contributed by atoms with E-state index in [0.717, 1.165) is 65.2 Å². The van der Waals surface area contributed by atoms with E-state index in [4.69, 9.17) is 24.4 Å². The largest absolute Gasteiger partial charge is 0.450 e. The number of rotatable bonds is 2. The molecule has 1 spiro atoms. The van der Waals surface area contributed by atoms with E-state index in [0.29, 0.717) is 37.8 Å². The molecule has 3 fully saturated rings. The molecule has 7 heterocycles. The first-order valence-electron chi connectivity index (χ1n) is 16.7. The normalized spacial score (nSPS) is 16.7. The van der Waals surface area contributed by atoms with E-state index in [1.54, 1.807) is 30.9 Å². The van der Waals surface area contributed by atoms with Gasteiger partial charge < -0.3 is 44.7 Å². The van der Waals surface area contributed by atoms with Gasteiger partial charge in [-0.1, -0.05) is 18.1 Å². The molecule has 3 aliphatic heterocycles. The number of aromatic nitrogens is 5. The summed E-state index contributed by atoms with van der Waals surface area (Å²) in [7, 11) is 2.85. The molecule has 0 aliphatic carbocycles. The second-order valence-electron chi connectivity index (χ2n) is 12.5. The average molecular weight is 939 g/mol. The molecule has 276 valence electrons. The number of aliphatic hydroxyl groups excluding tert-OH is 1. The fourth-order valence-electron chi connectivity index (χ4n) is 6.12. The van der Waals surface area contributed by atoms with E-state index in [1.807, 2.05) is 44.3 Å². The minimum atomic E-state index is -0.304. The molecule has 1 aromatic carbocycles. The molecule has 0 bridgehead atoms. The van der Waals surface area contributed by atoms with Gasteiger partial charge in [0.15, 0.2) is 11.4 Å². The quantitative estimate of drug-likeness (QED) is 0.174. The summed E-state index contributed by atoms with van der Waals surface area (Å²) in [5.74, 6) is 7.93. The van der Waals surface area contributed by atoms with Crippen LogP contribution < -0.4 is 15.4 Å². The Morgan fingerprint density at radius 1 is 1.08 bits per heavy atom. The van der Waals surface area contributed by atoms with Crippen LogP contribution >= 0.6 is 0 Å². The number of ether oxygens (including phenoxy) is 2. The van der Waals surface area contributed by atoms with Crippen molar-refractivity contribution in [3.8, 4) is 11.8 Å². The molecule has 14 nitrogen and oxygen atoms in total. The molecule has 52 heavy (non-hydrogen) atoms. The molecule has 3 saturated heterocycles. The van der Waals surface area contributed by atoms with Crippen molar-refractivity contribution in [1.29, 1.82) is 5.41 Å². The van der Waals surface area contributed by atoms with Crippen molar-refractivity contribution in [3.05, 3.63) is 76.2 Å². The van der Waals surface area contributed by atoms with Gasteiger partial charge in [-0.3, -0.25) is 9.48 Å². The number of H-pyrrole nitrogens is 1. The molecule has 5 N–H and O–H groups in total. The van der Waals surface area contributed by atoms with E-state index < -0.39 is 0 Å². The Morgan fingerprint density at radius 2 is 1.77 bits per heavy atom. The van der Waals surface area contributed by atoms with Crippen molar-refractivity contribution in [2.45, 2.75) is 52.2 Å². The number of nitrogens with zero attached hydrogens (tertiary/aromatic N) is 6. The van der Waals surface area contributed by atoms with Crippen LogP contribution in [0.5, 0.6) is 0 Å². The second kappa shape index (κ2) is 19.2. The first-order valence-corrected chi connectivity index (χ1v) is 16.7.